The maximum absolute atomic E-state index is 13.3. The van der Waals surface area contributed by atoms with Crippen LogP contribution in [-0.4, -0.2) is 18.9 Å². The van der Waals surface area contributed by atoms with Crippen molar-refractivity contribution < 1.29 is 40.2 Å². The molecule has 1 N–H and O–H groups in total. The van der Waals surface area contributed by atoms with Gasteiger partial charge in [0, 0.05) is 5.69 Å². The fourth-order valence-electron chi connectivity index (χ4n) is 3.92. The molecular weight excluding hydrogens is 491 g/mol. The van der Waals surface area contributed by atoms with Gasteiger partial charge in [-0.25, -0.2) is 0 Å². The molecule has 36 heavy (non-hydrogen) atoms. The van der Waals surface area contributed by atoms with Crippen LogP contribution >= 0.6 is 0 Å². The molecule has 1 heterocycles. The van der Waals surface area contributed by atoms with Gasteiger partial charge < -0.3 is 14.8 Å². The molecule has 0 saturated carbocycles. The van der Waals surface area contributed by atoms with E-state index in [4.69, 9.17) is 0 Å². The summed E-state index contributed by atoms with van der Waals surface area (Å²) in [4.78, 5) is 0. The normalized spacial score (nSPS) is 15.3. The number of ether oxygens (including phenoxy) is 2. The topological polar surface area (TPSA) is 30.5 Å². The standard InChI is InChI=1S/C24H18F7NO2.C2H6/c25-22(26)23(27,28)33-16-6-2-5-15(13-16)20-11-10-19-18(8-3-9-21(19)32-20)14-4-1-7-17(12-14)34-24(29,30)31;1-2/h1-9,12-13,20,22,32H,10-11H2;1-2H3. The van der Waals surface area contributed by atoms with Gasteiger partial charge in [0.1, 0.15) is 11.5 Å². The molecular formula is C26H24F7NO2. The zero-order valence-electron chi connectivity index (χ0n) is 19.4. The van der Waals surface area contributed by atoms with Crippen LogP contribution in [0.15, 0.2) is 66.7 Å². The number of anilines is 1. The van der Waals surface area contributed by atoms with Crippen molar-refractivity contribution in [1.29, 1.82) is 0 Å². The van der Waals surface area contributed by atoms with Crippen LogP contribution in [0.4, 0.5) is 36.4 Å². The van der Waals surface area contributed by atoms with Crippen LogP contribution in [0.3, 0.4) is 0 Å². The Bertz CT molecular complexity index is 1170. The maximum Gasteiger partial charge on any atom is 0.573 e. The molecule has 3 aromatic carbocycles. The zero-order chi connectivity index (χ0) is 26.5. The summed E-state index contributed by atoms with van der Waals surface area (Å²) in [7, 11) is 0. The molecule has 1 atom stereocenters. The van der Waals surface area contributed by atoms with E-state index < -0.39 is 18.9 Å². The SMILES string of the molecule is CC.FC(F)C(F)(F)Oc1cccc(C2CCc3c(cccc3-c3cccc(OC(F)(F)F)c3)N2)c1. The molecule has 0 radical (unpaired) electrons. The van der Waals surface area contributed by atoms with Crippen molar-refractivity contribution in [2.24, 2.45) is 0 Å². The molecule has 1 aliphatic heterocycles. The van der Waals surface area contributed by atoms with Crippen LogP contribution in [0.25, 0.3) is 11.1 Å². The van der Waals surface area contributed by atoms with Gasteiger partial charge in [-0.05, 0) is 65.4 Å². The Morgan fingerprint density at radius 2 is 1.47 bits per heavy atom. The molecule has 0 aromatic heterocycles. The molecule has 1 aliphatic rings. The summed E-state index contributed by atoms with van der Waals surface area (Å²) in [6.07, 6.45) is -12.3. The first kappa shape index (κ1) is 27.2. The van der Waals surface area contributed by atoms with Gasteiger partial charge in [0.25, 0.3) is 0 Å². The monoisotopic (exact) mass is 515 g/mol. The van der Waals surface area contributed by atoms with Crippen LogP contribution in [-0.2, 0) is 6.42 Å². The molecule has 0 spiro atoms. The number of hydrogen-bond acceptors (Lipinski definition) is 3. The Morgan fingerprint density at radius 1 is 0.833 bits per heavy atom. The van der Waals surface area contributed by atoms with Crippen LogP contribution in [0, 0.1) is 0 Å². The largest absolute Gasteiger partial charge is 0.573 e. The van der Waals surface area contributed by atoms with E-state index in [2.05, 4.69) is 14.8 Å². The number of rotatable bonds is 6. The summed E-state index contributed by atoms with van der Waals surface area (Å²) < 4.78 is 97.4. The van der Waals surface area contributed by atoms with Gasteiger partial charge in [0.15, 0.2) is 0 Å². The summed E-state index contributed by atoms with van der Waals surface area (Å²) in [5, 5.41) is 3.29. The Balaban J connectivity index is 0.00000176. The van der Waals surface area contributed by atoms with Gasteiger partial charge in [0.05, 0.1) is 6.04 Å². The molecule has 3 nitrogen and oxygen atoms in total. The molecule has 10 heteroatoms. The van der Waals surface area contributed by atoms with E-state index in [1.54, 1.807) is 30.3 Å². The predicted octanol–water partition coefficient (Wildman–Crippen LogP) is 8.61. The van der Waals surface area contributed by atoms with Crippen LogP contribution in [0.1, 0.15) is 37.4 Å². The average Bonchev–Trinajstić information content (AvgIpc) is 2.83. The zero-order valence-corrected chi connectivity index (χ0v) is 19.4. The van der Waals surface area contributed by atoms with E-state index in [0.29, 0.717) is 24.0 Å². The third-order valence-electron chi connectivity index (χ3n) is 5.34. The van der Waals surface area contributed by atoms with E-state index in [-0.39, 0.29) is 17.5 Å². The molecule has 0 saturated heterocycles. The second kappa shape index (κ2) is 11.1. The summed E-state index contributed by atoms with van der Waals surface area (Å²) >= 11 is 0. The molecule has 1 unspecified atom stereocenters. The van der Waals surface area contributed by atoms with E-state index in [0.717, 1.165) is 16.8 Å². The highest BCUT2D eigenvalue weighted by molar-refractivity contribution is 5.76. The minimum absolute atomic E-state index is 0.314. The Kier molecular flexibility index (Phi) is 8.37. The summed E-state index contributed by atoms with van der Waals surface area (Å²) in [5.41, 5.74) is 3.44. The van der Waals surface area contributed by atoms with Gasteiger partial charge in [-0.1, -0.05) is 50.2 Å². The number of benzene rings is 3. The molecule has 3 aromatic rings. The van der Waals surface area contributed by atoms with Crippen molar-refractivity contribution in [2.45, 2.75) is 51.6 Å². The Morgan fingerprint density at radius 3 is 2.14 bits per heavy atom. The van der Waals surface area contributed by atoms with E-state index in [1.165, 1.54) is 36.4 Å². The van der Waals surface area contributed by atoms with Crippen molar-refractivity contribution in [3.05, 3.63) is 77.9 Å². The number of hydrogen-bond donors (Lipinski definition) is 1. The maximum atomic E-state index is 13.3. The molecule has 0 aliphatic carbocycles. The quantitative estimate of drug-likeness (QED) is 0.334. The average molecular weight is 515 g/mol. The fraction of sp³-hybridized carbons (Fsp3) is 0.308. The highest BCUT2D eigenvalue weighted by Crippen LogP contribution is 2.40. The fourth-order valence-corrected chi connectivity index (χ4v) is 3.92. The van der Waals surface area contributed by atoms with Gasteiger partial charge in [-0.2, -0.15) is 17.6 Å². The van der Waals surface area contributed by atoms with Crippen molar-refractivity contribution in [3.8, 4) is 22.6 Å². The second-order valence-electron chi connectivity index (χ2n) is 7.68. The van der Waals surface area contributed by atoms with E-state index in [9.17, 15) is 30.7 Å². The predicted molar refractivity (Wildman–Crippen MR) is 123 cm³/mol. The molecule has 0 fully saturated rings. The number of alkyl halides is 7. The van der Waals surface area contributed by atoms with Gasteiger partial charge in [-0.15, -0.1) is 13.2 Å². The van der Waals surface area contributed by atoms with Crippen molar-refractivity contribution in [3.63, 3.8) is 0 Å². The number of fused-ring (bicyclic) bond motifs is 1. The van der Waals surface area contributed by atoms with Crippen molar-refractivity contribution >= 4 is 5.69 Å². The summed E-state index contributed by atoms with van der Waals surface area (Å²) in [6.45, 7) is 4.00. The molecule has 194 valence electrons. The first-order valence-corrected chi connectivity index (χ1v) is 11.2. The number of nitrogens with one attached hydrogen (secondary N) is 1. The minimum Gasteiger partial charge on any atom is -0.428 e. The third kappa shape index (κ3) is 6.61. The highest BCUT2D eigenvalue weighted by Gasteiger charge is 2.44. The molecule has 0 amide bonds. The van der Waals surface area contributed by atoms with E-state index >= 15 is 0 Å². The third-order valence-corrected chi connectivity index (χ3v) is 5.34. The van der Waals surface area contributed by atoms with Crippen LogP contribution in [0.2, 0.25) is 0 Å². The molecule has 4 rings (SSSR count). The Labute approximate surface area is 203 Å². The van der Waals surface area contributed by atoms with Gasteiger partial charge in [0.2, 0.25) is 0 Å². The summed E-state index contributed by atoms with van der Waals surface area (Å²) in [5.74, 6) is -0.715. The lowest BCUT2D eigenvalue weighted by Gasteiger charge is -2.29. The number of halogens is 7. The lowest BCUT2D eigenvalue weighted by atomic mass is 9.88. The van der Waals surface area contributed by atoms with Crippen molar-refractivity contribution in [2.75, 3.05) is 5.32 Å². The van der Waals surface area contributed by atoms with Gasteiger partial charge in [-0.3, -0.25) is 0 Å². The highest BCUT2D eigenvalue weighted by atomic mass is 19.4. The second-order valence-corrected chi connectivity index (χ2v) is 7.68. The first-order chi connectivity index (χ1) is 17.0. The van der Waals surface area contributed by atoms with E-state index in [1.807, 2.05) is 13.8 Å². The van der Waals surface area contributed by atoms with Crippen LogP contribution in [0.5, 0.6) is 11.5 Å². The Hall–Kier alpha value is -3.43. The minimum atomic E-state index is -4.80. The lowest BCUT2D eigenvalue weighted by molar-refractivity contribution is -0.274. The molecule has 0 bridgehead atoms. The summed E-state index contributed by atoms with van der Waals surface area (Å²) in [6, 6.07) is 16.2. The first-order valence-electron chi connectivity index (χ1n) is 11.2. The van der Waals surface area contributed by atoms with Crippen LogP contribution < -0.4 is 14.8 Å². The van der Waals surface area contributed by atoms with Crippen molar-refractivity contribution in [1.82, 2.24) is 0 Å². The lowest BCUT2D eigenvalue weighted by Crippen LogP contribution is -2.33. The van der Waals surface area contributed by atoms with Gasteiger partial charge >= 0.3 is 18.9 Å². The smallest absolute Gasteiger partial charge is 0.428 e.